The Bertz CT molecular complexity index is 2400. The van der Waals surface area contributed by atoms with Gasteiger partial charge < -0.3 is 10.1 Å². The number of hydrogen-bond acceptors (Lipinski definition) is 7. The van der Waals surface area contributed by atoms with E-state index in [1.165, 1.54) is 27.3 Å². The van der Waals surface area contributed by atoms with Gasteiger partial charge in [-0.25, -0.2) is 23.5 Å². The van der Waals surface area contributed by atoms with E-state index >= 15 is 0 Å². The molecular weight excluding hydrogens is 678 g/mol. The van der Waals surface area contributed by atoms with E-state index in [-0.39, 0.29) is 27.9 Å². The van der Waals surface area contributed by atoms with Gasteiger partial charge in [0.2, 0.25) is 0 Å². The number of carbonyl (C=O) groups is 1. The summed E-state index contributed by atoms with van der Waals surface area (Å²) in [6.45, 7) is 6.84. The Morgan fingerprint density at radius 3 is 1.75 bits per heavy atom. The molecule has 2 fully saturated rings. The van der Waals surface area contributed by atoms with Crippen LogP contribution in [0.5, 0.6) is 0 Å². The second kappa shape index (κ2) is 14.7. The molecule has 4 heterocycles. The maximum Gasteiger partial charge on any atom is 0.410 e. The van der Waals surface area contributed by atoms with Crippen LogP contribution in [0.25, 0.3) is 33.2 Å². The lowest BCUT2D eigenvalue weighted by molar-refractivity contribution is 0.0216. The summed E-state index contributed by atoms with van der Waals surface area (Å²) in [5.74, 6) is -0.0864. The van der Waals surface area contributed by atoms with Crippen molar-refractivity contribution in [3.05, 3.63) is 141 Å². The smallest absolute Gasteiger partial charge is 0.410 e. The topological polar surface area (TPSA) is 111 Å². The van der Waals surface area contributed by atoms with E-state index in [2.05, 4.69) is 15.3 Å². The molecule has 2 atom stereocenters. The molecule has 1 N–H and O–H groups in total. The van der Waals surface area contributed by atoms with E-state index in [0.29, 0.717) is 41.5 Å². The third kappa shape index (κ3) is 7.19. The lowest BCUT2D eigenvalue weighted by Gasteiger charge is -2.29. The second-order valence-corrected chi connectivity index (χ2v) is 14.1. The standard InChI is InChI=1S/C23H24FN3O3.C18H16FN3O/c1-23(2,3)30-22(29)26-14-8-13-18(26)20-25-17-12-7-11-16(24)19(17)21(28)27(20)15-9-5-4-6-10-15;19-13-8-4-9-14-16(13)18(23)22(12-6-2-1-3-7-12)17(21-14)15-10-5-11-20-15/h4-7,9-12,18H,8,13-14H2,1-3H3;1-4,6-9,15,20H,5,10-11H2/t18-;15-/m00/s1. The third-order valence-corrected chi connectivity index (χ3v) is 9.32. The number of likely N-dealkylation sites (tertiary alicyclic amines) is 1. The van der Waals surface area contributed by atoms with Gasteiger partial charge in [0.05, 0.1) is 34.5 Å². The van der Waals surface area contributed by atoms with Crippen LogP contribution in [0.15, 0.2) is 107 Å². The Morgan fingerprint density at radius 1 is 0.717 bits per heavy atom. The number of fused-ring (bicyclic) bond motifs is 2. The first-order valence-corrected chi connectivity index (χ1v) is 17.8. The van der Waals surface area contributed by atoms with Crippen molar-refractivity contribution in [1.29, 1.82) is 0 Å². The number of para-hydroxylation sites is 2. The van der Waals surface area contributed by atoms with Crippen LogP contribution >= 0.6 is 0 Å². The lowest BCUT2D eigenvalue weighted by Crippen LogP contribution is -2.38. The lowest BCUT2D eigenvalue weighted by atomic mass is 10.1. The molecule has 0 aliphatic carbocycles. The van der Waals surface area contributed by atoms with Crippen LogP contribution in [0.4, 0.5) is 13.6 Å². The Hall–Kier alpha value is -5.75. The number of benzene rings is 4. The molecule has 0 unspecified atom stereocenters. The van der Waals surface area contributed by atoms with E-state index in [4.69, 9.17) is 4.74 Å². The van der Waals surface area contributed by atoms with E-state index in [1.54, 1.807) is 47.4 Å². The number of nitrogens with one attached hydrogen (secondary N) is 1. The average molecular weight is 719 g/mol. The number of ether oxygens (including phenoxy) is 1. The molecule has 10 nitrogen and oxygen atoms in total. The molecule has 2 aliphatic rings. The molecule has 2 saturated heterocycles. The van der Waals surface area contributed by atoms with Gasteiger partial charge in [-0.15, -0.1) is 0 Å². The zero-order valence-electron chi connectivity index (χ0n) is 29.8. The second-order valence-electron chi connectivity index (χ2n) is 14.1. The first-order chi connectivity index (χ1) is 25.5. The normalized spacial score (nSPS) is 17.2. The van der Waals surface area contributed by atoms with Crippen LogP contribution in [0.2, 0.25) is 0 Å². The molecule has 1 amide bonds. The van der Waals surface area contributed by atoms with Crippen LogP contribution in [0, 0.1) is 11.6 Å². The number of amides is 1. The molecule has 0 bridgehead atoms. The van der Waals surface area contributed by atoms with Gasteiger partial charge in [-0.05, 0) is 102 Å². The maximum absolute atomic E-state index is 14.5. The molecule has 272 valence electrons. The monoisotopic (exact) mass is 718 g/mol. The minimum atomic E-state index is -0.636. The van der Waals surface area contributed by atoms with Crippen molar-refractivity contribution in [3.63, 3.8) is 0 Å². The van der Waals surface area contributed by atoms with Crippen molar-refractivity contribution in [2.45, 2.75) is 64.1 Å². The third-order valence-electron chi connectivity index (χ3n) is 9.32. The number of hydrogen-bond donors (Lipinski definition) is 1. The van der Waals surface area contributed by atoms with Crippen LogP contribution in [-0.2, 0) is 4.74 Å². The summed E-state index contributed by atoms with van der Waals surface area (Å²) >= 11 is 0. The summed E-state index contributed by atoms with van der Waals surface area (Å²) < 4.78 is 37.2. The minimum Gasteiger partial charge on any atom is -0.444 e. The molecule has 12 heteroatoms. The van der Waals surface area contributed by atoms with Crippen molar-refractivity contribution in [2.75, 3.05) is 13.1 Å². The quantitative estimate of drug-likeness (QED) is 0.201. The molecule has 8 rings (SSSR count). The summed E-state index contributed by atoms with van der Waals surface area (Å²) in [6.07, 6.45) is 2.91. The Balaban J connectivity index is 0.000000170. The molecular formula is C41H40F2N6O4. The highest BCUT2D eigenvalue weighted by atomic mass is 19.1. The van der Waals surface area contributed by atoms with Gasteiger partial charge in [0.1, 0.15) is 39.7 Å². The van der Waals surface area contributed by atoms with E-state index < -0.39 is 34.9 Å². The van der Waals surface area contributed by atoms with Crippen LogP contribution < -0.4 is 16.4 Å². The fourth-order valence-electron chi connectivity index (χ4n) is 7.00. The highest BCUT2D eigenvalue weighted by molar-refractivity contribution is 5.79. The van der Waals surface area contributed by atoms with Crippen LogP contribution in [-0.4, -0.2) is 48.8 Å². The molecule has 53 heavy (non-hydrogen) atoms. The highest BCUT2D eigenvalue weighted by Gasteiger charge is 2.36. The maximum atomic E-state index is 14.5. The van der Waals surface area contributed by atoms with Gasteiger partial charge in [-0.2, -0.15) is 0 Å². The van der Waals surface area contributed by atoms with E-state index in [0.717, 1.165) is 25.8 Å². The van der Waals surface area contributed by atoms with Gasteiger partial charge in [0, 0.05) is 6.54 Å². The number of aromatic nitrogens is 4. The highest BCUT2D eigenvalue weighted by Crippen LogP contribution is 2.34. The Labute approximate surface area is 304 Å². The molecule has 0 radical (unpaired) electrons. The summed E-state index contributed by atoms with van der Waals surface area (Å²) in [7, 11) is 0. The predicted octanol–water partition coefficient (Wildman–Crippen LogP) is 7.55. The Morgan fingerprint density at radius 2 is 1.25 bits per heavy atom. The van der Waals surface area contributed by atoms with E-state index in [9.17, 15) is 23.2 Å². The molecule has 0 saturated carbocycles. The first kappa shape index (κ1) is 35.6. The van der Waals surface area contributed by atoms with Gasteiger partial charge >= 0.3 is 6.09 Å². The van der Waals surface area contributed by atoms with Gasteiger partial charge in [-0.1, -0.05) is 48.5 Å². The summed E-state index contributed by atoms with van der Waals surface area (Å²) in [5, 5.41) is 3.35. The predicted molar refractivity (Wildman–Crippen MR) is 199 cm³/mol. The zero-order valence-corrected chi connectivity index (χ0v) is 29.8. The van der Waals surface area contributed by atoms with Crippen molar-refractivity contribution in [2.24, 2.45) is 0 Å². The fourth-order valence-corrected chi connectivity index (χ4v) is 7.00. The van der Waals surface area contributed by atoms with Crippen molar-refractivity contribution in [3.8, 4) is 11.4 Å². The molecule has 6 aromatic rings. The Kier molecular flexibility index (Phi) is 9.89. The zero-order chi connectivity index (χ0) is 37.3. The van der Waals surface area contributed by atoms with Crippen LogP contribution in [0.3, 0.4) is 0 Å². The molecule has 2 aromatic heterocycles. The summed E-state index contributed by atoms with van der Waals surface area (Å²) in [5.41, 5.74) is 0.482. The minimum absolute atomic E-state index is 0.00979. The van der Waals surface area contributed by atoms with Crippen molar-refractivity contribution in [1.82, 2.24) is 29.3 Å². The molecule has 4 aromatic carbocycles. The van der Waals surface area contributed by atoms with Gasteiger partial charge in [-0.3, -0.25) is 23.6 Å². The molecule has 2 aliphatic heterocycles. The van der Waals surface area contributed by atoms with E-state index in [1.807, 2.05) is 57.2 Å². The molecule has 0 spiro atoms. The van der Waals surface area contributed by atoms with Crippen molar-refractivity contribution < 1.29 is 18.3 Å². The average Bonchev–Trinajstić information content (AvgIpc) is 3.86. The van der Waals surface area contributed by atoms with Gasteiger partial charge in [0.15, 0.2) is 0 Å². The first-order valence-electron chi connectivity index (χ1n) is 17.8. The summed E-state index contributed by atoms with van der Waals surface area (Å²) in [4.78, 5) is 50.1. The number of rotatable bonds is 4. The van der Waals surface area contributed by atoms with Crippen molar-refractivity contribution >= 4 is 27.9 Å². The van der Waals surface area contributed by atoms with Gasteiger partial charge in [0.25, 0.3) is 11.1 Å². The largest absolute Gasteiger partial charge is 0.444 e. The van der Waals surface area contributed by atoms with Crippen LogP contribution in [0.1, 0.15) is 70.2 Å². The number of nitrogens with zero attached hydrogens (tertiary/aromatic N) is 5. The SMILES string of the molecule is CC(C)(C)OC(=O)N1CCC[C@H]1c1nc2cccc(F)c2c(=O)n1-c1ccccc1.O=c1c2c(F)cccc2nc([C@@H]2CCCN2)n1-c1ccccc1. The number of halogens is 2. The fraction of sp³-hybridized carbons (Fsp3) is 0.293. The summed E-state index contributed by atoms with van der Waals surface area (Å²) in [6, 6.07) is 26.8. The number of carbonyl (C=O) groups excluding carboxylic acids is 1.